The molecule has 9 heteroatoms. The van der Waals surface area contributed by atoms with Crippen LogP contribution in [0.2, 0.25) is 0 Å². The van der Waals surface area contributed by atoms with Crippen molar-refractivity contribution in [2.75, 3.05) is 6.54 Å². The second-order valence-electron chi connectivity index (χ2n) is 5.82. The van der Waals surface area contributed by atoms with Gasteiger partial charge in [0.05, 0.1) is 0 Å². The number of aryl methyl sites for hydroxylation is 1. The van der Waals surface area contributed by atoms with E-state index in [-0.39, 0.29) is 6.04 Å². The van der Waals surface area contributed by atoms with Crippen LogP contribution >= 0.6 is 11.3 Å². The molecule has 1 aliphatic heterocycles. The number of hydrogen-bond donors (Lipinski definition) is 2. The van der Waals surface area contributed by atoms with Crippen LogP contribution in [0.5, 0.6) is 0 Å². The van der Waals surface area contributed by atoms with Crippen molar-refractivity contribution >= 4 is 21.4 Å². The SMILES string of the molecule is O=c1[nH]cc(S(=O)(=O)N2CCCC[C@@H]2CCc2cccs2)c(=O)[nH]1. The van der Waals surface area contributed by atoms with Crippen LogP contribution in [-0.4, -0.2) is 35.3 Å². The topological polar surface area (TPSA) is 103 Å². The normalized spacial score (nSPS) is 19.4. The molecule has 7 nitrogen and oxygen atoms in total. The highest BCUT2D eigenvalue weighted by atomic mass is 32.2. The number of nitrogens with zero attached hydrogens (tertiary/aromatic N) is 1. The largest absolute Gasteiger partial charge is 0.325 e. The zero-order chi connectivity index (χ0) is 17.2. The monoisotopic (exact) mass is 369 g/mol. The third-order valence-corrected chi connectivity index (χ3v) is 7.14. The van der Waals surface area contributed by atoms with Crippen LogP contribution in [0, 0.1) is 0 Å². The predicted molar refractivity (Wildman–Crippen MR) is 91.9 cm³/mol. The predicted octanol–water partition coefficient (Wildman–Crippen LogP) is 1.30. The number of nitrogens with one attached hydrogen (secondary N) is 2. The molecule has 0 spiro atoms. The minimum atomic E-state index is -3.93. The molecule has 2 aromatic rings. The van der Waals surface area contributed by atoms with Gasteiger partial charge >= 0.3 is 5.69 Å². The molecule has 0 unspecified atom stereocenters. The van der Waals surface area contributed by atoms with Crippen molar-refractivity contribution in [3.05, 3.63) is 49.4 Å². The van der Waals surface area contributed by atoms with Crippen LogP contribution in [0.1, 0.15) is 30.6 Å². The summed E-state index contributed by atoms with van der Waals surface area (Å²) in [5.74, 6) is 0. The van der Waals surface area contributed by atoms with E-state index in [1.165, 1.54) is 9.18 Å². The summed E-state index contributed by atoms with van der Waals surface area (Å²) < 4.78 is 27.2. The molecule has 3 heterocycles. The Morgan fingerprint density at radius 1 is 1.29 bits per heavy atom. The van der Waals surface area contributed by atoms with Crippen LogP contribution in [0.15, 0.2) is 38.2 Å². The van der Waals surface area contributed by atoms with Crippen LogP contribution in [0.4, 0.5) is 0 Å². The van der Waals surface area contributed by atoms with Crippen molar-refractivity contribution in [1.82, 2.24) is 14.3 Å². The molecule has 3 rings (SSSR count). The molecule has 0 aliphatic carbocycles. The Hall–Kier alpha value is -1.71. The second kappa shape index (κ2) is 7.04. The van der Waals surface area contributed by atoms with Gasteiger partial charge in [-0.3, -0.25) is 9.78 Å². The van der Waals surface area contributed by atoms with E-state index in [9.17, 15) is 18.0 Å². The van der Waals surface area contributed by atoms with Crippen molar-refractivity contribution in [3.8, 4) is 0 Å². The molecule has 0 saturated carbocycles. The molecule has 0 radical (unpaired) electrons. The lowest BCUT2D eigenvalue weighted by molar-refractivity contribution is 0.241. The molecule has 0 bridgehead atoms. The van der Waals surface area contributed by atoms with Gasteiger partial charge in [-0.1, -0.05) is 12.5 Å². The van der Waals surface area contributed by atoms with Gasteiger partial charge in [-0.25, -0.2) is 13.2 Å². The lowest BCUT2D eigenvalue weighted by atomic mass is 10.0. The molecule has 1 aliphatic rings. The van der Waals surface area contributed by atoms with Gasteiger partial charge in [0.1, 0.15) is 0 Å². The lowest BCUT2D eigenvalue weighted by Gasteiger charge is -2.34. The van der Waals surface area contributed by atoms with E-state index in [1.54, 1.807) is 11.3 Å². The molecule has 1 fully saturated rings. The van der Waals surface area contributed by atoms with E-state index < -0.39 is 26.2 Å². The van der Waals surface area contributed by atoms with Gasteiger partial charge in [0.25, 0.3) is 5.56 Å². The van der Waals surface area contributed by atoms with Crippen molar-refractivity contribution < 1.29 is 8.42 Å². The molecular weight excluding hydrogens is 350 g/mol. The summed E-state index contributed by atoms with van der Waals surface area (Å²) in [5, 5.41) is 2.00. The Kier molecular flexibility index (Phi) is 5.02. The molecule has 1 atom stereocenters. The quantitative estimate of drug-likeness (QED) is 0.829. The number of thiophene rings is 1. The summed E-state index contributed by atoms with van der Waals surface area (Å²) in [6, 6.07) is 3.89. The van der Waals surface area contributed by atoms with Gasteiger partial charge in [-0.15, -0.1) is 11.3 Å². The number of H-pyrrole nitrogens is 2. The summed E-state index contributed by atoms with van der Waals surface area (Å²) in [7, 11) is -3.93. The molecular formula is C15H19N3O4S2. The molecule has 24 heavy (non-hydrogen) atoms. The minimum Gasteiger partial charge on any atom is -0.313 e. The van der Waals surface area contributed by atoms with Crippen LogP contribution in [0.25, 0.3) is 0 Å². The minimum absolute atomic E-state index is 0.128. The van der Waals surface area contributed by atoms with Gasteiger partial charge in [-0.05, 0) is 37.1 Å². The van der Waals surface area contributed by atoms with Crippen LogP contribution in [0.3, 0.4) is 0 Å². The maximum Gasteiger partial charge on any atom is 0.325 e. The molecule has 0 amide bonds. The van der Waals surface area contributed by atoms with E-state index in [1.807, 2.05) is 22.5 Å². The average Bonchev–Trinajstić information content (AvgIpc) is 3.06. The first-order valence-corrected chi connectivity index (χ1v) is 10.2. The number of rotatable bonds is 5. The first-order valence-electron chi connectivity index (χ1n) is 7.85. The fraction of sp³-hybridized carbons (Fsp3) is 0.467. The fourth-order valence-electron chi connectivity index (χ4n) is 3.06. The third kappa shape index (κ3) is 3.52. The summed E-state index contributed by atoms with van der Waals surface area (Å²) in [5.41, 5.74) is -1.59. The molecule has 130 valence electrons. The lowest BCUT2D eigenvalue weighted by Crippen LogP contribution is -2.45. The summed E-state index contributed by atoms with van der Waals surface area (Å²) in [4.78, 5) is 28.1. The van der Waals surface area contributed by atoms with Crippen molar-refractivity contribution in [1.29, 1.82) is 0 Å². The summed E-state index contributed by atoms with van der Waals surface area (Å²) in [6.07, 6.45) is 5.06. The zero-order valence-corrected chi connectivity index (χ0v) is 14.7. The van der Waals surface area contributed by atoms with Gasteiger partial charge in [0.15, 0.2) is 4.90 Å². The molecule has 2 aromatic heterocycles. The van der Waals surface area contributed by atoms with E-state index >= 15 is 0 Å². The highest BCUT2D eigenvalue weighted by molar-refractivity contribution is 7.89. The Balaban J connectivity index is 1.85. The number of hydrogen-bond acceptors (Lipinski definition) is 5. The number of piperidine rings is 1. The van der Waals surface area contributed by atoms with Gasteiger partial charge in [0, 0.05) is 23.7 Å². The standard InChI is InChI=1S/C15H19N3O4S2/c19-14-13(10-16-15(20)17-14)24(21,22)18-8-2-1-4-11(18)6-7-12-5-3-9-23-12/h3,5,9-11H,1-2,4,6-8H2,(H2,16,17,19,20)/t11-/m1/s1. The number of sulfonamides is 1. The van der Waals surface area contributed by atoms with Gasteiger partial charge in [0.2, 0.25) is 10.0 Å². The van der Waals surface area contributed by atoms with Crippen LogP contribution in [-0.2, 0) is 16.4 Å². The van der Waals surface area contributed by atoms with Gasteiger partial charge < -0.3 is 4.98 Å². The molecule has 1 saturated heterocycles. The second-order valence-corrected chi connectivity index (χ2v) is 8.71. The Morgan fingerprint density at radius 3 is 2.83 bits per heavy atom. The highest BCUT2D eigenvalue weighted by Crippen LogP contribution is 2.27. The number of aromatic nitrogens is 2. The third-order valence-electron chi connectivity index (χ3n) is 4.25. The Bertz CT molecular complexity index is 899. The summed E-state index contributed by atoms with van der Waals surface area (Å²) >= 11 is 1.66. The molecule has 2 N–H and O–H groups in total. The Labute approximate surface area is 143 Å². The van der Waals surface area contributed by atoms with Crippen molar-refractivity contribution in [2.24, 2.45) is 0 Å². The first-order chi connectivity index (χ1) is 11.5. The number of aromatic amines is 2. The van der Waals surface area contributed by atoms with Gasteiger partial charge in [-0.2, -0.15) is 4.31 Å². The van der Waals surface area contributed by atoms with Crippen molar-refractivity contribution in [2.45, 2.75) is 43.0 Å². The zero-order valence-electron chi connectivity index (χ0n) is 13.0. The van der Waals surface area contributed by atoms with E-state index in [0.717, 1.165) is 38.3 Å². The van der Waals surface area contributed by atoms with E-state index in [0.29, 0.717) is 6.54 Å². The van der Waals surface area contributed by atoms with Crippen LogP contribution < -0.4 is 11.2 Å². The van der Waals surface area contributed by atoms with E-state index in [2.05, 4.69) is 4.98 Å². The maximum absolute atomic E-state index is 12.9. The summed E-state index contributed by atoms with van der Waals surface area (Å²) in [6.45, 7) is 0.399. The maximum atomic E-state index is 12.9. The fourth-order valence-corrected chi connectivity index (χ4v) is 5.50. The first kappa shape index (κ1) is 17.1. The average molecular weight is 369 g/mol. The molecule has 0 aromatic carbocycles. The van der Waals surface area contributed by atoms with E-state index in [4.69, 9.17) is 0 Å². The van der Waals surface area contributed by atoms with Crippen molar-refractivity contribution in [3.63, 3.8) is 0 Å². The smallest absolute Gasteiger partial charge is 0.313 e. The Morgan fingerprint density at radius 2 is 2.12 bits per heavy atom. The highest BCUT2D eigenvalue weighted by Gasteiger charge is 2.35.